The molecule has 2 atom stereocenters. The lowest BCUT2D eigenvalue weighted by molar-refractivity contribution is -0.147. The number of carboxylic acids is 1. The van der Waals surface area contributed by atoms with E-state index >= 15 is 0 Å². The molecule has 1 fully saturated rings. The molecule has 0 bridgehead atoms. The predicted octanol–water partition coefficient (Wildman–Crippen LogP) is 2.86. The van der Waals surface area contributed by atoms with Gasteiger partial charge in [-0.25, -0.2) is 4.98 Å². The van der Waals surface area contributed by atoms with Gasteiger partial charge in [-0.05, 0) is 29.8 Å². The van der Waals surface area contributed by atoms with Crippen LogP contribution in [0.2, 0.25) is 5.02 Å². The topological polar surface area (TPSA) is 87.6 Å². The summed E-state index contributed by atoms with van der Waals surface area (Å²) in [7, 11) is 0. The average molecular weight is 410 g/mol. The lowest BCUT2D eigenvalue weighted by Crippen LogP contribution is -2.31. The molecule has 0 radical (unpaired) electrons. The van der Waals surface area contributed by atoms with Crippen molar-refractivity contribution >= 4 is 51.0 Å². The van der Waals surface area contributed by atoms with E-state index in [9.17, 15) is 19.5 Å². The molecule has 3 rings (SSSR count). The maximum atomic E-state index is 12.4. The van der Waals surface area contributed by atoms with Crippen LogP contribution in [0.25, 0.3) is 0 Å². The fourth-order valence-electron chi connectivity index (χ4n) is 2.71. The monoisotopic (exact) mass is 408 g/mol. The van der Waals surface area contributed by atoms with E-state index in [1.54, 1.807) is 24.3 Å². The van der Waals surface area contributed by atoms with E-state index in [2.05, 4.69) is 20.9 Å². The van der Waals surface area contributed by atoms with E-state index in [1.165, 1.54) is 18.3 Å². The fraction of sp³-hybridized carbons (Fsp3) is 0.125. The van der Waals surface area contributed by atoms with Crippen LogP contribution >= 0.6 is 27.5 Å². The van der Waals surface area contributed by atoms with Gasteiger partial charge in [-0.2, -0.15) is 0 Å². The summed E-state index contributed by atoms with van der Waals surface area (Å²) in [5.41, 5.74) is 0.521. The van der Waals surface area contributed by atoms with Crippen molar-refractivity contribution in [1.29, 1.82) is 0 Å². The summed E-state index contributed by atoms with van der Waals surface area (Å²) in [6.45, 7) is 0. The Hall–Kier alpha value is -2.25. The third-order valence-electron chi connectivity index (χ3n) is 3.72. The Labute approximate surface area is 150 Å². The highest BCUT2D eigenvalue weighted by molar-refractivity contribution is 9.10. The second kappa shape index (κ2) is 6.33. The van der Waals surface area contributed by atoms with Crippen molar-refractivity contribution in [3.05, 3.63) is 57.7 Å². The molecule has 2 heterocycles. The van der Waals surface area contributed by atoms with Crippen LogP contribution in [0.4, 0.5) is 5.82 Å². The zero-order valence-electron chi connectivity index (χ0n) is 12.0. The normalized spacial score (nSPS) is 20.5. The Kier molecular flexibility index (Phi) is 4.38. The molecule has 1 N–H and O–H groups in total. The van der Waals surface area contributed by atoms with Gasteiger partial charge >= 0.3 is 5.97 Å². The molecule has 0 spiro atoms. The largest absolute Gasteiger partial charge is 0.481 e. The van der Waals surface area contributed by atoms with E-state index in [1.807, 2.05) is 0 Å². The van der Waals surface area contributed by atoms with Crippen molar-refractivity contribution in [2.45, 2.75) is 6.04 Å². The molecule has 122 valence electrons. The zero-order chi connectivity index (χ0) is 17.4. The third kappa shape index (κ3) is 2.81. The Bertz CT molecular complexity index is 840. The molecule has 1 aromatic heterocycles. The Morgan fingerprint density at radius 2 is 2.00 bits per heavy atom. The molecule has 24 heavy (non-hydrogen) atoms. The molecule has 0 saturated carbocycles. The summed E-state index contributed by atoms with van der Waals surface area (Å²) < 4.78 is 0.708. The number of carboxylic acid groups (broad SMARTS) is 1. The number of carbonyl (C=O) groups excluding carboxylic acids is 2. The number of hydrogen-bond donors (Lipinski definition) is 1. The Morgan fingerprint density at radius 1 is 1.25 bits per heavy atom. The van der Waals surface area contributed by atoms with Crippen LogP contribution in [0.1, 0.15) is 11.6 Å². The number of Topliss-reactive ketones (excluding diaryl/α,β-unsaturated/α-hetero) is 1. The molecule has 1 amide bonds. The molecule has 8 heteroatoms. The second-order valence-electron chi connectivity index (χ2n) is 5.19. The fourth-order valence-corrected chi connectivity index (χ4v) is 3.24. The minimum Gasteiger partial charge on any atom is -0.481 e. The van der Waals surface area contributed by atoms with Gasteiger partial charge in [-0.15, -0.1) is 0 Å². The third-order valence-corrected chi connectivity index (χ3v) is 4.44. The summed E-state index contributed by atoms with van der Waals surface area (Å²) >= 11 is 9.12. The maximum absolute atomic E-state index is 12.4. The lowest BCUT2D eigenvalue weighted by atomic mass is 9.93. The highest BCUT2D eigenvalue weighted by Gasteiger charge is 2.53. The maximum Gasteiger partial charge on any atom is 0.317 e. The van der Waals surface area contributed by atoms with E-state index in [0.29, 0.717) is 15.1 Å². The first-order chi connectivity index (χ1) is 11.4. The number of ketones is 1. The second-order valence-corrected chi connectivity index (χ2v) is 6.54. The standard InChI is InChI=1S/C16H10BrClN2O4/c17-9-3-1-2-8(6-9)13-12(16(23)24)14(21)15(22)20(13)11-5-4-10(18)7-19-11/h1-7,12-13H,(H,23,24). The van der Waals surface area contributed by atoms with Crippen molar-refractivity contribution in [1.82, 2.24) is 4.98 Å². The Morgan fingerprint density at radius 3 is 2.58 bits per heavy atom. The van der Waals surface area contributed by atoms with Crippen LogP contribution < -0.4 is 4.90 Å². The number of rotatable bonds is 3. The van der Waals surface area contributed by atoms with E-state index < -0.39 is 29.6 Å². The first-order valence-corrected chi connectivity index (χ1v) is 8.04. The van der Waals surface area contributed by atoms with Gasteiger partial charge in [0.05, 0.1) is 11.1 Å². The molecule has 1 aliphatic heterocycles. The smallest absolute Gasteiger partial charge is 0.317 e. The first-order valence-electron chi connectivity index (χ1n) is 6.87. The van der Waals surface area contributed by atoms with Gasteiger partial charge in [-0.3, -0.25) is 19.3 Å². The van der Waals surface area contributed by atoms with Crippen LogP contribution in [0.3, 0.4) is 0 Å². The van der Waals surface area contributed by atoms with Crippen LogP contribution in [0, 0.1) is 5.92 Å². The number of carbonyl (C=O) groups is 3. The molecular weight excluding hydrogens is 400 g/mol. The van der Waals surface area contributed by atoms with Crippen molar-refractivity contribution in [3.63, 3.8) is 0 Å². The number of benzene rings is 1. The van der Waals surface area contributed by atoms with Crippen molar-refractivity contribution in [2.24, 2.45) is 5.92 Å². The number of nitrogens with zero attached hydrogens (tertiary/aromatic N) is 2. The number of hydrogen-bond acceptors (Lipinski definition) is 4. The van der Waals surface area contributed by atoms with Gasteiger partial charge in [0.25, 0.3) is 5.91 Å². The number of aliphatic carboxylic acids is 1. The molecule has 1 aliphatic rings. The van der Waals surface area contributed by atoms with Gasteiger partial charge in [0.2, 0.25) is 5.78 Å². The van der Waals surface area contributed by atoms with E-state index in [0.717, 1.165) is 4.90 Å². The summed E-state index contributed by atoms with van der Waals surface area (Å²) in [4.78, 5) is 41.4. The number of amides is 1. The van der Waals surface area contributed by atoms with Crippen molar-refractivity contribution in [2.75, 3.05) is 4.90 Å². The zero-order valence-corrected chi connectivity index (χ0v) is 14.4. The summed E-state index contributed by atoms with van der Waals surface area (Å²) in [5, 5.41) is 9.82. The molecule has 6 nitrogen and oxygen atoms in total. The van der Waals surface area contributed by atoms with Gasteiger partial charge in [-0.1, -0.05) is 39.7 Å². The van der Waals surface area contributed by atoms with Crippen molar-refractivity contribution < 1.29 is 19.5 Å². The predicted molar refractivity (Wildman–Crippen MR) is 89.7 cm³/mol. The van der Waals surface area contributed by atoms with Gasteiger partial charge in [0, 0.05) is 10.7 Å². The van der Waals surface area contributed by atoms with Crippen molar-refractivity contribution in [3.8, 4) is 0 Å². The van der Waals surface area contributed by atoms with E-state index in [4.69, 9.17) is 11.6 Å². The summed E-state index contributed by atoms with van der Waals surface area (Å²) in [5.74, 6) is -4.54. The Balaban J connectivity index is 2.16. The minimum atomic E-state index is -1.50. The quantitative estimate of drug-likeness (QED) is 0.622. The first kappa shape index (κ1) is 16.6. The summed E-state index contributed by atoms with van der Waals surface area (Å²) in [6.07, 6.45) is 1.33. The lowest BCUT2D eigenvalue weighted by Gasteiger charge is -2.25. The van der Waals surface area contributed by atoms with Crippen LogP contribution in [0.15, 0.2) is 47.1 Å². The molecule has 2 aromatic rings. The highest BCUT2D eigenvalue weighted by atomic mass is 79.9. The molecule has 2 unspecified atom stereocenters. The van der Waals surface area contributed by atoms with Gasteiger partial charge < -0.3 is 5.11 Å². The number of aromatic nitrogens is 1. The number of pyridine rings is 1. The average Bonchev–Trinajstić information content (AvgIpc) is 2.80. The van der Waals surface area contributed by atoms with Crippen LogP contribution in [-0.4, -0.2) is 27.8 Å². The van der Waals surface area contributed by atoms with Crippen LogP contribution in [-0.2, 0) is 14.4 Å². The SMILES string of the molecule is O=C(O)C1C(=O)C(=O)N(c2ccc(Cl)cn2)C1c1cccc(Br)c1. The number of halogens is 2. The molecule has 0 aliphatic carbocycles. The molecular formula is C16H10BrClN2O4. The van der Waals surface area contributed by atoms with Gasteiger partial charge in [0.1, 0.15) is 11.7 Å². The highest BCUT2D eigenvalue weighted by Crippen LogP contribution is 2.39. The van der Waals surface area contributed by atoms with Crippen LogP contribution in [0.5, 0.6) is 0 Å². The summed E-state index contributed by atoms with van der Waals surface area (Å²) in [6, 6.07) is 8.84. The minimum absolute atomic E-state index is 0.173. The molecule has 1 aromatic carbocycles. The number of anilines is 1. The molecule has 1 saturated heterocycles. The van der Waals surface area contributed by atoms with Gasteiger partial charge in [0.15, 0.2) is 0 Å². The van der Waals surface area contributed by atoms with E-state index in [-0.39, 0.29) is 5.82 Å².